The Morgan fingerprint density at radius 2 is 1.75 bits per heavy atom. The minimum Gasteiger partial charge on any atom is -0.494 e. The number of aromatic nitrogens is 1. The summed E-state index contributed by atoms with van der Waals surface area (Å²) < 4.78 is 5.97. The molecule has 0 unspecified atom stereocenters. The number of piperazine rings is 1. The number of carbonyl (C=O) groups is 3. The molecule has 1 saturated carbocycles. The minimum atomic E-state index is -0.187. The molecule has 1 N–H and O–H groups in total. The van der Waals surface area contributed by atoms with Gasteiger partial charge >= 0.3 is 0 Å². The fourth-order valence-electron chi connectivity index (χ4n) is 4.95. The number of nitrogens with one attached hydrogen (secondary N) is 1. The van der Waals surface area contributed by atoms with Crippen molar-refractivity contribution in [3.05, 3.63) is 53.7 Å². The number of carbonyl (C=O) groups excluding carboxylic acids is 3. The molecule has 2 heterocycles. The number of pyridine rings is 1. The van der Waals surface area contributed by atoms with Gasteiger partial charge < -0.3 is 19.9 Å². The smallest absolute Gasteiger partial charge is 0.254 e. The van der Waals surface area contributed by atoms with E-state index < -0.39 is 0 Å². The number of amides is 3. The maximum Gasteiger partial charge on any atom is 0.254 e. The fourth-order valence-corrected chi connectivity index (χ4v) is 4.95. The van der Waals surface area contributed by atoms with Crippen molar-refractivity contribution in [3.8, 4) is 5.75 Å². The van der Waals surface area contributed by atoms with E-state index in [1.807, 2.05) is 24.3 Å². The van der Waals surface area contributed by atoms with Crippen molar-refractivity contribution in [2.24, 2.45) is 5.92 Å². The summed E-state index contributed by atoms with van der Waals surface area (Å²) in [6, 6.07) is 10.9. The van der Waals surface area contributed by atoms with E-state index in [1.165, 1.54) is 39.0 Å². The Bertz CT molecular complexity index is 1040. The average molecular weight is 493 g/mol. The van der Waals surface area contributed by atoms with Crippen LogP contribution in [0.1, 0.15) is 61.4 Å². The van der Waals surface area contributed by atoms with Crippen LogP contribution in [0.3, 0.4) is 0 Å². The first-order valence-electron chi connectivity index (χ1n) is 13.0. The molecule has 3 amide bonds. The predicted octanol–water partition coefficient (Wildman–Crippen LogP) is 3.92. The van der Waals surface area contributed by atoms with Gasteiger partial charge in [-0.05, 0) is 42.2 Å². The Hall–Kier alpha value is -3.42. The molecule has 0 atom stereocenters. The second-order valence-corrected chi connectivity index (χ2v) is 9.75. The van der Waals surface area contributed by atoms with E-state index in [0.29, 0.717) is 44.2 Å². The van der Waals surface area contributed by atoms with Crippen LogP contribution in [0.5, 0.6) is 5.75 Å². The van der Waals surface area contributed by atoms with Crippen molar-refractivity contribution >= 4 is 23.5 Å². The maximum absolute atomic E-state index is 13.1. The molecule has 1 aliphatic carbocycles. The predicted molar refractivity (Wildman–Crippen MR) is 138 cm³/mol. The molecule has 0 radical (unpaired) electrons. The van der Waals surface area contributed by atoms with Crippen molar-refractivity contribution in [1.29, 1.82) is 0 Å². The van der Waals surface area contributed by atoms with Crippen LogP contribution in [0, 0.1) is 5.92 Å². The molecule has 0 spiro atoms. The van der Waals surface area contributed by atoms with E-state index >= 15 is 0 Å². The summed E-state index contributed by atoms with van der Waals surface area (Å²) in [6.45, 7) is 4.11. The summed E-state index contributed by atoms with van der Waals surface area (Å²) >= 11 is 0. The summed E-state index contributed by atoms with van der Waals surface area (Å²) in [4.78, 5) is 44.7. The standard InChI is InChI=1S/C28H36N4O4/c1-21(33)30-26-11-10-23(20-29-26)18-27(34)31-13-15-32(16-14-31)28(35)24-8-5-9-25(19-24)36-17-12-22-6-3-2-4-7-22/h5,8-11,19-20,22H,2-4,6-7,12-18H2,1H3,(H,29,30,33). The van der Waals surface area contributed by atoms with Gasteiger partial charge in [0.15, 0.2) is 0 Å². The van der Waals surface area contributed by atoms with E-state index in [9.17, 15) is 14.4 Å². The molecule has 1 aromatic heterocycles. The summed E-state index contributed by atoms with van der Waals surface area (Å²) in [5.41, 5.74) is 1.41. The molecular weight excluding hydrogens is 456 g/mol. The van der Waals surface area contributed by atoms with E-state index in [-0.39, 0.29) is 24.1 Å². The summed E-state index contributed by atoms with van der Waals surface area (Å²) in [6.07, 6.45) is 9.54. The number of ether oxygens (including phenoxy) is 1. The second-order valence-electron chi connectivity index (χ2n) is 9.75. The summed E-state index contributed by atoms with van der Waals surface area (Å²) in [5.74, 6) is 1.75. The number of benzene rings is 1. The van der Waals surface area contributed by atoms with Gasteiger partial charge in [-0.2, -0.15) is 0 Å². The Morgan fingerprint density at radius 3 is 2.44 bits per heavy atom. The summed E-state index contributed by atoms with van der Waals surface area (Å²) in [5, 5.41) is 2.61. The van der Waals surface area contributed by atoms with Crippen molar-refractivity contribution in [2.45, 2.75) is 51.9 Å². The molecule has 2 aliphatic rings. The lowest BCUT2D eigenvalue weighted by molar-refractivity contribution is -0.132. The molecular formula is C28H36N4O4. The Balaban J connectivity index is 1.23. The monoisotopic (exact) mass is 492 g/mol. The zero-order chi connectivity index (χ0) is 25.3. The van der Waals surface area contributed by atoms with Gasteiger partial charge in [-0.1, -0.05) is 44.2 Å². The minimum absolute atomic E-state index is 0.00420. The third-order valence-electron chi connectivity index (χ3n) is 7.00. The Morgan fingerprint density at radius 1 is 1.00 bits per heavy atom. The van der Waals surface area contributed by atoms with E-state index in [4.69, 9.17) is 4.74 Å². The second kappa shape index (κ2) is 12.5. The van der Waals surface area contributed by atoms with Gasteiger partial charge in [-0.25, -0.2) is 4.98 Å². The summed E-state index contributed by atoms with van der Waals surface area (Å²) in [7, 11) is 0. The first-order chi connectivity index (χ1) is 17.5. The van der Waals surface area contributed by atoms with Crippen LogP contribution >= 0.6 is 0 Å². The van der Waals surface area contributed by atoms with Crippen molar-refractivity contribution < 1.29 is 19.1 Å². The van der Waals surface area contributed by atoms with Crippen LogP contribution in [0.2, 0.25) is 0 Å². The largest absolute Gasteiger partial charge is 0.494 e. The van der Waals surface area contributed by atoms with E-state index in [0.717, 1.165) is 23.7 Å². The lowest BCUT2D eigenvalue weighted by atomic mass is 9.87. The fraction of sp³-hybridized carbons (Fsp3) is 0.500. The Kier molecular flexibility index (Phi) is 8.92. The number of rotatable bonds is 8. The van der Waals surface area contributed by atoms with Gasteiger partial charge in [0, 0.05) is 44.9 Å². The van der Waals surface area contributed by atoms with Gasteiger partial charge in [0.05, 0.1) is 13.0 Å². The topological polar surface area (TPSA) is 91.8 Å². The molecule has 8 nitrogen and oxygen atoms in total. The third-order valence-corrected chi connectivity index (χ3v) is 7.00. The molecule has 1 aromatic carbocycles. The zero-order valence-corrected chi connectivity index (χ0v) is 21.1. The van der Waals surface area contributed by atoms with Gasteiger partial charge in [0.1, 0.15) is 11.6 Å². The SMILES string of the molecule is CC(=O)Nc1ccc(CC(=O)N2CCN(C(=O)c3cccc(OCCC4CCCCC4)c3)CC2)cn1. The molecule has 4 rings (SSSR count). The van der Waals surface area contributed by atoms with Gasteiger partial charge in [0.25, 0.3) is 5.91 Å². The molecule has 2 fully saturated rings. The third kappa shape index (κ3) is 7.29. The molecule has 36 heavy (non-hydrogen) atoms. The average Bonchev–Trinajstić information content (AvgIpc) is 2.90. The lowest BCUT2D eigenvalue weighted by Crippen LogP contribution is -2.51. The first-order valence-corrected chi connectivity index (χ1v) is 13.0. The molecule has 1 saturated heterocycles. The number of hydrogen-bond acceptors (Lipinski definition) is 5. The molecule has 1 aliphatic heterocycles. The zero-order valence-electron chi connectivity index (χ0n) is 21.1. The van der Waals surface area contributed by atoms with Crippen LogP contribution in [0.25, 0.3) is 0 Å². The highest BCUT2D eigenvalue weighted by Crippen LogP contribution is 2.26. The maximum atomic E-state index is 13.1. The number of nitrogens with zero attached hydrogens (tertiary/aromatic N) is 3. The van der Waals surface area contributed by atoms with Crippen molar-refractivity contribution in [2.75, 3.05) is 38.1 Å². The Labute approximate surface area is 213 Å². The molecule has 0 bridgehead atoms. The van der Waals surface area contributed by atoms with Crippen LogP contribution < -0.4 is 10.1 Å². The van der Waals surface area contributed by atoms with Crippen LogP contribution in [0.15, 0.2) is 42.6 Å². The number of anilines is 1. The first kappa shape index (κ1) is 25.7. The van der Waals surface area contributed by atoms with Crippen LogP contribution in [-0.4, -0.2) is 65.3 Å². The van der Waals surface area contributed by atoms with Crippen molar-refractivity contribution in [1.82, 2.24) is 14.8 Å². The molecule has 8 heteroatoms. The van der Waals surface area contributed by atoms with Gasteiger partial charge in [0.2, 0.25) is 11.8 Å². The molecule has 192 valence electrons. The van der Waals surface area contributed by atoms with E-state index in [2.05, 4.69) is 10.3 Å². The lowest BCUT2D eigenvalue weighted by Gasteiger charge is -2.35. The van der Waals surface area contributed by atoms with Crippen molar-refractivity contribution in [3.63, 3.8) is 0 Å². The van der Waals surface area contributed by atoms with Gasteiger partial charge in [-0.3, -0.25) is 14.4 Å². The number of hydrogen-bond donors (Lipinski definition) is 1. The highest BCUT2D eigenvalue weighted by Gasteiger charge is 2.25. The highest BCUT2D eigenvalue weighted by molar-refractivity contribution is 5.94. The van der Waals surface area contributed by atoms with Crippen LogP contribution in [-0.2, 0) is 16.0 Å². The quantitative estimate of drug-likeness (QED) is 0.603. The van der Waals surface area contributed by atoms with Gasteiger partial charge in [-0.15, -0.1) is 0 Å². The highest BCUT2D eigenvalue weighted by atomic mass is 16.5. The molecule has 2 aromatic rings. The van der Waals surface area contributed by atoms with Crippen LogP contribution in [0.4, 0.5) is 5.82 Å². The van der Waals surface area contributed by atoms with E-state index in [1.54, 1.807) is 28.1 Å². The normalized spacial score (nSPS) is 16.5.